The van der Waals surface area contributed by atoms with E-state index in [0.717, 1.165) is 5.01 Å². The Morgan fingerprint density at radius 2 is 2.23 bits per heavy atom. The normalized spacial score (nSPS) is 11.7. The molecule has 1 heterocycles. The minimum Gasteiger partial charge on any atom is -0.325 e. The molecule has 0 aromatic carbocycles. The molecule has 4 heteroatoms. The van der Waals surface area contributed by atoms with E-state index in [1.54, 1.807) is 5.38 Å². The lowest BCUT2D eigenvalue weighted by Crippen LogP contribution is -2.20. The van der Waals surface area contributed by atoms with E-state index in [1.165, 1.54) is 11.3 Å². The Labute approximate surface area is 82.0 Å². The molecule has 0 spiro atoms. The number of hydrogen-bond acceptors (Lipinski definition) is 4. The number of nitrogens with zero attached hydrogens (tertiary/aromatic N) is 1. The fraction of sp³-hybridized carbons (Fsp3) is 0.556. The second kappa shape index (κ2) is 3.55. The van der Waals surface area contributed by atoms with Gasteiger partial charge in [0.25, 0.3) is 0 Å². The molecular weight excluding hydrogens is 184 g/mol. The van der Waals surface area contributed by atoms with Crippen molar-refractivity contribution in [3.8, 4) is 0 Å². The van der Waals surface area contributed by atoms with Gasteiger partial charge in [0, 0.05) is 17.3 Å². The topological polar surface area (TPSA) is 56.0 Å². The zero-order valence-electron chi connectivity index (χ0n) is 8.13. The van der Waals surface area contributed by atoms with Crippen LogP contribution in [-0.4, -0.2) is 10.8 Å². The molecule has 1 rings (SSSR count). The van der Waals surface area contributed by atoms with Gasteiger partial charge in [-0.1, -0.05) is 20.8 Å². The molecule has 1 aromatic rings. The van der Waals surface area contributed by atoms with E-state index in [9.17, 15) is 4.79 Å². The molecule has 0 unspecified atom stereocenters. The van der Waals surface area contributed by atoms with Gasteiger partial charge in [-0.3, -0.25) is 4.79 Å². The van der Waals surface area contributed by atoms with Gasteiger partial charge in [-0.2, -0.15) is 0 Å². The molecule has 0 amide bonds. The smallest absolute Gasteiger partial charge is 0.187 e. The molecule has 2 N–H and O–H groups in total. The Bertz CT molecular complexity index is 312. The van der Waals surface area contributed by atoms with Crippen LogP contribution in [0.5, 0.6) is 0 Å². The molecule has 1 aromatic heterocycles. The van der Waals surface area contributed by atoms with Crippen LogP contribution in [0.4, 0.5) is 0 Å². The van der Waals surface area contributed by atoms with E-state index in [4.69, 9.17) is 5.73 Å². The van der Waals surface area contributed by atoms with E-state index in [-0.39, 0.29) is 11.2 Å². The summed E-state index contributed by atoms with van der Waals surface area (Å²) >= 11 is 1.44. The van der Waals surface area contributed by atoms with Gasteiger partial charge >= 0.3 is 0 Å². The molecule has 13 heavy (non-hydrogen) atoms. The molecule has 72 valence electrons. The van der Waals surface area contributed by atoms with E-state index in [0.29, 0.717) is 12.2 Å². The van der Waals surface area contributed by atoms with Crippen molar-refractivity contribution >= 4 is 17.1 Å². The summed E-state index contributed by atoms with van der Waals surface area (Å²) in [7, 11) is 0. The minimum absolute atomic E-state index is 0.0726. The summed E-state index contributed by atoms with van der Waals surface area (Å²) in [6.07, 6.45) is 0. The number of rotatable bonds is 2. The molecule has 0 aliphatic rings. The van der Waals surface area contributed by atoms with Crippen molar-refractivity contribution in [3.05, 3.63) is 16.1 Å². The number of ketones is 1. The Balaban J connectivity index is 2.90. The Morgan fingerprint density at radius 3 is 2.62 bits per heavy atom. The number of carbonyl (C=O) groups excluding carboxylic acids is 1. The number of carbonyl (C=O) groups is 1. The highest BCUT2D eigenvalue weighted by Gasteiger charge is 2.24. The third-order valence-electron chi connectivity index (χ3n) is 1.64. The highest BCUT2D eigenvalue weighted by molar-refractivity contribution is 7.09. The molecule has 0 saturated heterocycles. The average Bonchev–Trinajstić information content (AvgIpc) is 2.48. The van der Waals surface area contributed by atoms with Gasteiger partial charge in [-0.05, 0) is 0 Å². The molecule has 0 aliphatic heterocycles. The Morgan fingerprint density at radius 1 is 1.62 bits per heavy atom. The summed E-state index contributed by atoms with van der Waals surface area (Å²) in [6, 6.07) is 0. The maximum absolute atomic E-state index is 11.7. The van der Waals surface area contributed by atoms with Crippen molar-refractivity contribution in [1.82, 2.24) is 4.98 Å². The van der Waals surface area contributed by atoms with Crippen LogP contribution in [0, 0.1) is 5.41 Å². The molecule has 0 radical (unpaired) electrons. The quantitative estimate of drug-likeness (QED) is 0.737. The van der Waals surface area contributed by atoms with Crippen LogP contribution < -0.4 is 5.73 Å². The van der Waals surface area contributed by atoms with Gasteiger partial charge in [0.05, 0.1) is 0 Å². The summed E-state index contributed by atoms with van der Waals surface area (Å²) < 4.78 is 0. The van der Waals surface area contributed by atoms with Crippen LogP contribution in [0.3, 0.4) is 0 Å². The Hall–Kier alpha value is -0.740. The molecule has 0 aliphatic carbocycles. The fourth-order valence-electron chi connectivity index (χ4n) is 0.893. The van der Waals surface area contributed by atoms with Gasteiger partial charge in [0.2, 0.25) is 0 Å². The lowest BCUT2D eigenvalue weighted by Gasteiger charge is -2.14. The molecular formula is C9H14N2OS. The lowest BCUT2D eigenvalue weighted by molar-refractivity contribution is 0.0853. The monoisotopic (exact) mass is 198 g/mol. The molecule has 0 bridgehead atoms. The van der Waals surface area contributed by atoms with E-state index in [2.05, 4.69) is 4.98 Å². The first-order chi connectivity index (χ1) is 5.95. The first-order valence-corrected chi connectivity index (χ1v) is 5.02. The highest BCUT2D eigenvalue weighted by atomic mass is 32.1. The fourth-order valence-corrected chi connectivity index (χ4v) is 1.55. The van der Waals surface area contributed by atoms with Crippen molar-refractivity contribution in [2.75, 3.05) is 0 Å². The van der Waals surface area contributed by atoms with E-state index < -0.39 is 0 Å². The van der Waals surface area contributed by atoms with Gasteiger partial charge in [0.15, 0.2) is 5.78 Å². The predicted molar refractivity (Wildman–Crippen MR) is 53.8 cm³/mol. The van der Waals surface area contributed by atoms with Crippen LogP contribution >= 0.6 is 11.3 Å². The number of Topliss-reactive ketones (excluding diaryl/α,β-unsaturated/α-hetero) is 1. The number of hydrogen-bond donors (Lipinski definition) is 1. The second-order valence-electron chi connectivity index (χ2n) is 3.91. The van der Waals surface area contributed by atoms with Crippen molar-refractivity contribution in [2.45, 2.75) is 27.3 Å². The van der Waals surface area contributed by atoms with Crippen molar-refractivity contribution in [3.63, 3.8) is 0 Å². The summed E-state index contributed by atoms with van der Waals surface area (Å²) in [4.78, 5) is 15.8. The van der Waals surface area contributed by atoms with Gasteiger partial charge < -0.3 is 5.73 Å². The standard InChI is InChI=1S/C9H14N2OS/c1-9(2,3)8(12)6-5-13-7(4-10)11-6/h5H,4,10H2,1-3H3. The highest BCUT2D eigenvalue weighted by Crippen LogP contribution is 2.21. The van der Waals surface area contributed by atoms with Crippen molar-refractivity contribution in [2.24, 2.45) is 11.1 Å². The molecule has 0 saturated carbocycles. The molecule has 0 fully saturated rings. The molecule has 3 nitrogen and oxygen atoms in total. The van der Waals surface area contributed by atoms with Crippen molar-refractivity contribution < 1.29 is 4.79 Å². The first-order valence-electron chi connectivity index (χ1n) is 4.14. The predicted octanol–water partition coefficient (Wildman–Crippen LogP) is 1.83. The second-order valence-corrected chi connectivity index (χ2v) is 4.85. The van der Waals surface area contributed by atoms with Gasteiger partial charge in [0.1, 0.15) is 10.7 Å². The SMILES string of the molecule is CC(C)(C)C(=O)c1csc(CN)n1. The van der Waals surface area contributed by atoms with Crippen LogP contribution in [0.25, 0.3) is 0 Å². The zero-order chi connectivity index (χ0) is 10.1. The van der Waals surface area contributed by atoms with E-state index in [1.807, 2.05) is 20.8 Å². The number of aromatic nitrogens is 1. The Kier molecular flexibility index (Phi) is 2.83. The minimum atomic E-state index is -0.361. The van der Waals surface area contributed by atoms with Crippen LogP contribution in [0.15, 0.2) is 5.38 Å². The average molecular weight is 198 g/mol. The summed E-state index contributed by atoms with van der Waals surface area (Å²) in [6.45, 7) is 6.06. The maximum Gasteiger partial charge on any atom is 0.187 e. The maximum atomic E-state index is 11.7. The largest absolute Gasteiger partial charge is 0.325 e. The number of nitrogens with two attached hydrogens (primary N) is 1. The first kappa shape index (κ1) is 10.3. The van der Waals surface area contributed by atoms with Crippen LogP contribution in [-0.2, 0) is 6.54 Å². The summed E-state index contributed by atoms with van der Waals surface area (Å²) in [5.41, 5.74) is 5.59. The zero-order valence-corrected chi connectivity index (χ0v) is 8.94. The van der Waals surface area contributed by atoms with Crippen LogP contribution in [0.1, 0.15) is 36.3 Å². The van der Waals surface area contributed by atoms with Crippen molar-refractivity contribution in [1.29, 1.82) is 0 Å². The number of thiazole rings is 1. The van der Waals surface area contributed by atoms with Gasteiger partial charge in [-0.15, -0.1) is 11.3 Å². The van der Waals surface area contributed by atoms with E-state index >= 15 is 0 Å². The summed E-state index contributed by atoms with van der Waals surface area (Å²) in [5.74, 6) is 0.0726. The summed E-state index contributed by atoms with van der Waals surface area (Å²) in [5, 5.41) is 2.59. The van der Waals surface area contributed by atoms with Crippen LogP contribution in [0.2, 0.25) is 0 Å². The van der Waals surface area contributed by atoms with Gasteiger partial charge in [-0.25, -0.2) is 4.98 Å². The third-order valence-corrected chi connectivity index (χ3v) is 2.51. The lowest BCUT2D eigenvalue weighted by atomic mass is 9.89. The third kappa shape index (κ3) is 2.35. The molecule has 0 atom stereocenters.